The van der Waals surface area contributed by atoms with E-state index in [4.69, 9.17) is 5.73 Å². The molecular weight excluding hydrogens is 219 g/mol. The first-order valence-corrected chi connectivity index (χ1v) is 3.62. The fourth-order valence-corrected chi connectivity index (χ4v) is 0.828. The van der Waals surface area contributed by atoms with Crippen molar-refractivity contribution < 1.29 is 17.9 Å². The highest BCUT2D eigenvalue weighted by atomic mass is 35.5. The minimum absolute atomic E-state index is 0. The molecule has 2 N–H and O–H groups in total. The van der Waals surface area contributed by atoms with Crippen molar-refractivity contribution in [1.82, 2.24) is 0 Å². The number of halogens is 4. The van der Waals surface area contributed by atoms with Crippen LogP contribution in [-0.4, -0.2) is 13.2 Å². The molecule has 0 aromatic heterocycles. The van der Waals surface area contributed by atoms with E-state index >= 15 is 0 Å². The lowest BCUT2D eigenvalue weighted by molar-refractivity contribution is 0.292. The average molecular weight is 228 g/mol. The van der Waals surface area contributed by atoms with E-state index in [0.29, 0.717) is 12.1 Å². The molecule has 0 unspecified atom stereocenters. The van der Waals surface area contributed by atoms with Crippen LogP contribution >= 0.6 is 12.4 Å². The zero-order valence-corrected chi connectivity index (χ0v) is 7.91. The van der Waals surface area contributed by atoms with E-state index in [-0.39, 0.29) is 25.6 Å². The van der Waals surface area contributed by atoms with Gasteiger partial charge < -0.3 is 10.5 Å². The maximum atomic E-state index is 12.8. The molecule has 0 saturated heterocycles. The summed E-state index contributed by atoms with van der Waals surface area (Å²) in [6.45, 7) is 0.121. The van der Waals surface area contributed by atoms with Gasteiger partial charge in [0.1, 0.15) is 12.4 Å². The van der Waals surface area contributed by atoms with E-state index in [1.165, 1.54) is 0 Å². The molecule has 80 valence electrons. The Bertz CT molecular complexity index is 286. The summed E-state index contributed by atoms with van der Waals surface area (Å²) >= 11 is 0. The Hall–Kier alpha value is -0.940. The molecule has 1 aromatic carbocycles. The summed E-state index contributed by atoms with van der Waals surface area (Å²) in [4.78, 5) is 0. The van der Waals surface area contributed by atoms with Crippen LogP contribution in [0.25, 0.3) is 0 Å². The summed E-state index contributed by atoms with van der Waals surface area (Å²) in [6, 6.07) is 1.10. The maximum absolute atomic E-state index is 12.8. The van der Waals surface area contributed by atoms with Crippen LogP contribution in [0.1, 0.15) is 0 Å². The number of rotatable bonds is 3. The highest BCUT2D eigenvalue weighted by Crippen LogP contribution is 2.22. The lowest BCUT2D eigenvalue weighted by Gasteiger charge is -2.06. The molecule has 0 bridgehead atoms. The van der Waals surface area contributed by atoms with Gasteiger partial charge in [-0.25, -0.2) is 13.2 Å². The third-order valence-corrected chi connectivity index (χ3v) is 1.33. The topological polar surface area (TPSA) is 35.2 Å². The van der Waals surface area contributed by atoms with Gasteiger partial charge in [0.2, 0.25) is 0 Å². The molecule has 0 aliphatic heterocycles. The molecule has 1 rings (SSSR count). The average Bonchev–Trinajstić information content (AvgIpc) is 2.02. The summed E-state index contributed by atoms with van der Waals surface area (Å²) in [5.74, 6) is -3.70. The van der Waals surface area contributed by atoms with Crippen LogP contribution < -0.4 is 10.5 Å². The van der Waals surface area contributed by atoms with E-state index in [9.17, 15) is 13.2 Å². The van der Waals surface area contributed by atoms with Crippen LogP contribution in [0.3, 0.4) is 0 Å². The number of ether oxygens (including phenoxy) is 1. The highest BCUT2D eigenvalue weighted by molar-refractivity contribution is 5.85. The van der Waals surface area contributed by atoms with Gasteiger partial charge in [0.15, 0.2) is 17.4 Å². The number of nitrogens with two attached hydrogens (primary N) is 1. The SMILES string of the molecule is Cl.NCCOc1c(F)cc(F)cc1F. The van der Waals surface area contributed by atoms with Crippen LogP contribution in [0.2, 0.25) is 0 Å². The quantitative estimate of drug-likeness (QED) is 0.856. The smallest absolute Gasteiger partial charge is 0.190 e. The predicted octanol–water partition coefficient (Wildman–Crippen LogP) is 1.86. The molecule has 6 heteroatoms. The molecule has 0 aliphatic rings. The van der Waals surface area contributed by atoms with Crippen LogP contribution in [0.5, 0.6) is 5.75 Å². The van der Waals surface area contributed by atoms with Crippen molar-refractivity contribution in [1.29, 1.82) is 0 Å². The minimum atomic E-state index is -1.06. The van der Waals surface area contributed by atoms with Gasteiger partial charge in [-0.1, -0.05) is 0 Å². The van der Waals surface area contributed by atoms with Gasteiger partial charge in [-0.05, 0) is 0 Å². The van der Waals surface area contributed by atoms with Gasteiger partial charge >= 0.3 is 0 Å². The third-order valence-electron chi connectivity index (χ3n) is 1.33. The van der Waals surface area contributed by atoms with Crippen molar-refractivity contribution in [3.63, 3.8) is 0 Å². The highest BCUT2D eigenvalue weighted by Gasteiger charge is 2.11. The maximum Gasteiger partial charge on any atom is 0.190 e. The number of hydrogen-bond acceptors (Lipinski definition) is 2. The second kappa shape index (κ2) is 5.72. The van der Waals surface area contributed by atoms with E-state index in [2.05, 4.69) is 4.74 Å². The third kappa shape index (κ3) is 3.08. The summed E-state index contributed by atoms with van der Waals surface area (Å²) in [5.41, 5.74) is 5.06. The van der Waals surface area contributed by atoms with Gasteiger partial charge in [0.05, 0.1) is 0 Å². The van der Waals surface area contributed by atoms with Crippen molar-refractivity contribution in [2.75, 3.05) is 13.2 Å². The zero-order chi connectivity index (χ0) is 9.84. The monoisotopic (exact) mass is 227 g/mol. The van der Waals surface area contributed by atoms with E-state index in [0.717, 1.165) is 0 Å². The summed E-state index contributed by atoms with van der Waals surface area (Å²) in [7, 11) is 0. The molecule has 0 saturated carbocycles. The molecule has 0 amide bonds. The first-order valence-electron chi connectivity index (χ1n) is 3.62. The fourth-order valence-electron chi connectivity index (χ4n) is 0.828. The Labute approximate surface area is 85.3 Å². The molecule has 1 aromatic rings. The summed E-state index contributed by atoms with van der Waals surface area (Å²) in [5, 5.41) is 0. The van der Waals surface area contributed by atoms with Crippen LogP contribution in [0.15, 0.2) is 12.1 Å². The standard InChI is InChI=1S/C8H8F3NO.ClH/c9-5-3-6(10)8(7(11)4-5)13-2-1-12;/h3-4H,1-2,12H2;1H. The Kier molecular flexibility index (Phi) is 5.34. The molecule has 0 heterocycles. The molecule has 0 atom stereocenters. The molecule has 0 aliphatic carbocycles. The van der Waals surface area contributed by atoms with Crippen molar-refractivity contribution in [2.45, 2.75) is 0 Å². The Morgan fingerprint density at radius 1 is 1.14 bits per heavy atom. The number of hydrogen-bond donors (Lipinski definition) is 1. The van der Waals surface area contributed by atoms with Gasteiger partial charge in [-0.3, -0.25) is 0 Å². The second-order valence-electron chi connectivity index (χ2n) is 2.34. The van der Waals surface area contributed by atoms with E-state index in [1.807, 2.05) is 0 Å². The zero-order valence-electron chi connectivity index (χ0n) is 7.10. The fraction of sp³-hybridized carbons (Fsp3) is 0.250. The van der Waals surface area contributed by atoms with Crippen molar-refractivity contribution in [3.8, 4) is 5.75 Å². The molecule has 0 fully saturated rings. The first kappa shape index (κ1) is 13.1. The predicted molar refractivity (Wildman–Crippen MR) is 48.1 cm³/mol. The van der Waals surface area contributed by atoms with Crippen molar-refractivity contribution in [2.24, 2.45) is 5.73 Å². The van der Waals surface area contributed by atoms with Gasteiger partial charge in [-0.15, -0.1) is 12.4 Å². The van der Waals surface area contributed by atoms with Crippen LogP contribution in [-0.2, 0) is 0 Å². The Balaban J connectivity index is 0.00000169. The minimum Gasteiger partial charge on any atom is -0.486 e. The number of benzene rings is 1. The molecular formula is C8H9ClF3NO. The second-order valence-corrected chi connectivity index (χ2v) is 2.34. The molecule has 0 spiro atoms. The summed E-state index contributed by atoms with van der Waals surface area (Å²) in [6.07, 6.45) is 0. The molecule has 14 heavy (non-hydrogen) atoms. The first-order chi connectivity index (χ1) is 6.15. The molecule has 0 radical (unpaired) electrons. The van der Waals surface area contributed by atoms with Crippen LogP contribution in [0.4, 0.5) is 13.2 Å². The van der Waals surface area contributed by atoms with Gasteiger partial charge in [-0.2, -0.15) is 0 Å². The van der Waals surface area contributed by atoms with Crippen molar-refractivity contribution >= 4 is 12.4 Å². The Morgan fingerprint density at radius 3 is 2.07 bits per heavy atom. The lowest BCUT2D eigenvalue weighted by Crippen LogP contribution is -2.12. The summed E-state index contributed by atoms with van der Waals surface area (Å²) < 4.78 is 42.6. The Morgan fingerprint density at radius 2 is 1.64 bits per heavy atom. The lowest BCUT2D eigenvalue weighted by atomic mass is 10.3. The largest absolute Gasteiger partial charge is 0.486 e. The molecule has 2 nitrogen and oxygen atoms in total. The van der Waals surface area contributed by atoms with Gasteiger partial charge in [0, 0.05) is 18.7 Å². The van der Waals surface area contributed by atoms with Gasteiger partial charge in [0.25, 0.3) is 0 Å². The van der Waals surface area contributed by atoms with Crippen LogP contribution in [0, 0.1) is 17.5 Å². The van der Waals surface area contributed by atoms with E-state index in [1.54, 1.807) is 0 Å². The van der Waals surface area contributed by atoms with Crippen molar-refractivity contribution in [3.05, 3.63) is 29.6 Å². The normalized spacial score (nSPS) is 9.43. The van der Waals surface area contributed by atoms with E-state index < -0.39 is 23.2 Å².